The molecule has 53 heavy (non-hydrogen) atoms. The second-order valence-corrected chi connectivity index (χ2v) is 12.9. The molecule has 0 rings (SSSR count). The minimum Gasteiger partial charge on any atom is -0.379 e. The third-order valence-electron chi connectivity index (χ3n) is 8.13. The maximum atomic E-state index is 5.68. The summed E-state index contributed by atoms with van der Waals surface area (Å²) in [7, 11) is 0. The molecule has 0 spiro atoms. The zero-order valence-electron chi connectivity index (χ0n) is 34.5. The Hall–Kier alpha value is -0.480. The zero-order valence-corrected chi connectivity index (χ0v) is 34.5. The van der Waals surface area contributed by atoms with E-state index in [1.165, 1.54) is 77.0 Å². The van der Waals surface area contributed by atoms with Crippen LogP contribution in [0.1, 0.15) is 110 Å². The highest BCUT2D eigenvalue weighted by atomic mass is 16.6. The summed E-state index contributed by atoms with van der Waals surface area (Å²) in [5.41, 5.74) is 0. The van der Waals surface area contributed by atoms with Crippen LogP contribution in [0.4, 0.5) is 0 Å². The molecule has 12 heteroatoms. The largest absolute Gasteiger partial charge is 0.379 e. The van der Waals surface area contributed by atoms with Gasteiger partial charge < -0.3 is 56.8 Å². The molecular weight excluding hydrogens is 684 g/mol. The summed E-state index contributed by atoms with van der Waals surface area (Å²) in [6.45, 7) is 18.3. The van der Waals surface area contributed by atoms with Crippen LogP contribution in [0.3, 0.4) is 0 Å². The van der Waals surface area contributed by atoms with E-state index in [0.717, 1.165) is 32.5 Å². The molecule has 0 aliphatic rings. The number of hydrogen-bond donors (Lipinski definition) is 0. The summed E-state index contributed by atoms with van der Waals surface area (Å²) in [6, 6.07) is 0. The van der Waals surface area contributed by atoms with Crippen LogP contribution >= 0.6 is 0 Å². The Morgan fingerprint density at radius 1 is 0.151 bits per heavy atom. The van der Waals surface area contributed by atoms with Gasteiger partial charge in [-0.15, -0.1) is 0 Å². The molecular formula is C41H84O12. The van der Waals surface area contributed by atoms with Crippen molar-refractivity contribution in [2.45, 2.75) is 110 Å². The van der Waals surface area contributed by atoms with Crippen molar-refractivity contribution in [1.29, 1.82) is 0 Å². The molecule has 0 N–H and O–H groups in total. The van der Waals surface area contributed by atoms with E-state index in [2.05, 4.69) is 13.8 Å². The molecule has 0 saturated carbocycles. The van der Waals surface area contributed by atoms with Crippen molar-refractivity contribution in [1.82, 2.24) is 0 Å². The Bertz CT molecular complexity index is 569. The number of hydrogen-bond acceptors (Lipinski definition) is 12. The van der Waals surface area contributed by atoms with Crippen LogP contribution in [0.15, 0.2) is 0 Å². The molecule has 0 fully saturated rings. The van der Waals surface area contributed by atoms with Crippen molar-refractivity contribution >= 4 is 0 Å². The highest BCUT2D eigenvalue weighted by Crippen LogP contribution is 2.12. The van der Waals surface area contributed by atoms with E-state index in [9.17, 15) is 0 Å². The molecule has 0 radical (unpaired) electrons. The Kier molecular flexibility index (Phi) is 51.1. The first-order chi connectivity index (χ1) is 26.4. The second-order valence-electron chi connectivity index (χ2n) is 12.9. The van der Waals surface area contributed by atoms with Crippen LogP contribution < -0.4 is 0 Å². The Balaban J connectivity index is 3.05. The average molecular weight is 769 g/mol. The minimum absolute atomic E-state index is 0.522. The third kappa shape index (κ3) is 51.5. The first-order valence-electron chi connectivity index (χ1n) is 21.3. The lowest BCUT2D eigenvalue weighted by Crippen LogP contribution is -2.15. The highest BCUT2D eigenvalue weighted by Gasteiger charge is 1.98. The van der Waals surface area contributed by atoms with E-state index in [4.69, 9.17) is 56.8 Å². The van der Waals surface area contributed by atoms with Gasteiger partial charge in [-0.3, -0.25) is 0 Å². The van der Waals surface area contributed by atoms with Gasteiger partial charge in [-0.2, -0.15) is 0 Å². The molecule has 0 aromatic heterocycles. The quantitative estimate of drug-likeness (QED) is 0.0590. The fourth-order valence-electron chi connectivity index (χ4n) is 4.99. The van der Waals surface area contributed by atoms with Crippen molar-refractivity contribution in [3.8, 4) is 0 Å². The molecule has 0 unspecified atom stereocenters. The first-order valence-corrected chi connectivity index (χ1v) is 21.3. The van der Waals surface area contributed by atoms with Crippen LogP contribution in [0.25, 0.3) is 0 Å². The summed E-state index contributed by atoms with van der Waals surface area (Å²) in [6.07, 6.45) is 20.0. The summed E-state index contributed by atoms with van der Waals surface area (Å²) >= 11 is 0. The maximum Gasteiger partial charge on any atom is 0.0701 e. The summed E-state index contributed by atoms with van der Waals surface area (Å²) in [4.78, 5) is 0. The predicted molar refractivity (Wildman–Crippen MR) is 210 cm³/mol. The SMILES string of the molecule is CCCCCCCCCCCCCCCOCCOCCOCCOCCOCCOCCOCCOCCOCCOCCOCCOCCCC. The third-order valence-corrected chi connectivity index (χ3v) is 8.13. The molecule has 0 bridgehead atoms. The van der Waals surface area contributed by atoms with E-state index in [0.29, 0.717) is 145 Å². The normalized spacial score (nSPS) is 11.7. The molecule has 0 heterocycles. The molecule has 0 amide bonds. The van der Waals surface area contributed by atoms with Crippen LogP contribution in [-0.4, -0.2) is 159 Å². The molecule has 12 nitrogen and oxygen atoms in total. The van der Waals surface area contributed by atoms with Gasteiger partial charge in [0.15, 0.2) is 0 Å². The highest BCUT2D eigenvalue weighted by molar-refractivity contribution is 4.49. The summed E-state index contributed by atoms with van der Waals surface area (Å²) in [5, 5.41) is 0. The van der Waals surface area contributed by atoms with Gasteiger partial charge in [-0.1, -0.05) is 97.3 Å². The molecule has 0 aromatic rings. The predicted octanol–water partition coefficient (Wildman–Crippen LogP) is 7.08. The summed E-state index contributed by atoms with van der Waals surface area (Å²) in [5.74, 6) is 0. The maximum absolute atomic E-state index is 5.68. The van der Waals surface area contributed by atoms with Crippen LogP contribution in [-0.2, 0) is 56.8 Å². The molecule has 320 valence electrons. The fourth-order valence-corrected chi connectivity index (χ4v) is 4.99. The lowest BCUT2D eigenvalue weighted by Gasteiger charge is -2.09. The van der Waals surface area contributed by atoms with Crippen molar-refractivity contribution in [3.05, 3.63) is 0 Å². The molecule has 0 atom stereocenters. The van der Waals surface area contributed by atoms with Crippen molar-refractivity contribution < 1.29 is 56.8 Å². The van der Waals surface area contributed by atoms with Gasteiger partial charge in [-0.05, 0) is 12.8 Å². The first kappa shape index (κ1) is 52.5. The summed E-state index contributed by atoms with van der Waals surface area (Å²) < 4.78 is 66.2. The van der Waals surface area contributed by atoms with Crippen LogP contribution in [0.2, 0.25) is 0 Å². The van der Waals surface area contributed by atoms with E-state index in [-0.39, 0.29) is 0 Å². The topological polar surface area (TPSA) is 111 Å². The molecule has 0 aliphatic heterocycles. The standard InChI is InChI=1S/C41H84O12/c1-3-5-7-8-9-10-11-12-13-14-15-16-17-19-43-21-23-45-25-27-47-29-31-49-33-35-51-37-39-53-41-40-52-38-36-50-34-32-48-30-28-46-26-24-44-22-20-42-18-6-4-2/h3-41H2,1-2H3. The lowest BCUT2D eigenvalue weighted by atomic mass is 10.0. The Labute approximate surface area is 325 Å². The van der Waals surface area contributed by atoms with E-state index >= 15 is 0 Å². The smallest absolute Gasteiger partial charge is 0.0701 e. The zero-order chi connectivity index (χ0) is 38.1. The van der Waals surface area contributed by atoms with Crippen molar-refractivity contribution in [3.63, 3.8) is 0 Å². The van der Waals surface area contributed by atoms with E-state index in [1.807, 2.05) is 0 Å². The van der Waals surface area contributed by atoms with Gasteiger partial charge in [0.2, 0.25) is 0 Å². The van der Waals surface area contributed by atoms with Gasteiger partial charge in [0.25, 0.3) is 0 Å². The number of unbranched alkanes of at least 4 members (excludes halogenated alkanes) is 13. The van der Waals surface area contributed by atoms with Gasteiger partial charge in [0.05, 0.1) is 145 Å². The molecule has 0 aliphatic carbocycles. The molecule has 0 saturated heterocycles. The Morgan fingerprint density at radius 2 is 0.302 bits per heavy atom. The van der Waals surface area contributed by atoms with Gasteiger partial charge in [0.1, 0.15) is 0 Å². The van der Waals surface area contributed by atoms with Crippen molar-refractivity contribution in [2.24, 2.45) is 0 Å². The lowest BCUT2D eigenvalue weighted by molar-refractivity contribution is -0.0283. The fraction of sp³-hybridized carbons (Fsp3) is 1.00. The Morgan fingerprint density at radius 3 is 0.509 bits per heavy atom. The van der Waals surface area contributed by atoms with Crippen LogP contribution in [0, 0.1) is 0 Å². The van der Waals surface area contributed by atoms with E-state index in [1.54, 1.807) is 0 Å². The molecule has 0 aromatic carbocycles. The van der Waals surface area contributed by atoms with Gasteiger partial charge >= 0.3 is 0 Å². The van der Waals surface area contributed by atoms with Gasteiger partial charge in [0, 0.05) is 13.2 Å². The number of rotatable bonds is 50. The monoisotopic (exact) mass is 769 g/mol. The second kappa shape index (κ2) is 51.5. The van der Waals surface area contributed by atoms with Crippen molar-refractivity contribution in [2.75, 3.05) is 159 Å². The minimum atomic E-state index is 0.522. The van der Waals surface area contributed by atoms with Gasteiger partial charge in [-0.25, -0.2) is 0 Å². The average Bonchev–Trinajstić information content (AvgIpc) is 3.17. The number of ether oxygens (including phenoxy) is 12. The van der Waals surface area contributed by atoms with E-state index < -0.39 is 0 Å². The van der Waals surface area contributed by atoms with Crippen LogP contribution in [0.5, 0.6) is 0 Å².